The number of pyridine rings is 1. The van der Waals surface area contributed by atoms with E-state index in [1.54, 1.807) is 64.4 Å². The molecule has 3 heterocycles. The molecule has 2 aromatic carbocycles. The summed E-state index contributed by atoms with van der Waals surface area (Å²) in [5, 5.41) is 7.76. The topological polar surface area (TPSA) is 118 Å². The van der Waals surface area contributed by atoms with Gasteiger partial charge < -0.3 is 15.4 Å². The van der Waals surface area contributed by atoms with Crippen molar-refractivity contribution in [3.05, 3.63) is 66.4 Å². The zero-order valence-corrected chi connectivity index (χ0v) is 23.8. The van der Waals surface area contributed by atoms with Gasteiger partial charge in [0.1, 0.15) is 17.3 Å². The summed E-state index contributed by atoms with van der Waals surface area (Å²) in [5.41, 5.74) is 1.23. The maximum atomic E-state index is 15.8. The first-order valence-corrected chi connectivity index (χ1v) is 14.7. The fourth-order valence-electron chi connectivity index (χ4n) is 4.56. The molecule has 1 aliphatic heterocycles. The van der Waals surface area contributed by atoms with Gasteiger partial charge in [0, 0.05) is 53.1 Å². The summed E-state index contributed by atoms with van der Waals surface area (Å²) in [5.74, 6) is 0.415. The summed E-state index contributed by atoms with van der Waals surface area (Å²) in [6.07, 6.45) is 6.92. The Morgan fingerprint density at radius 1 is 1.05 bits per heavy atom. The third kappa shape index (κ3) is 5.57. The lowest BCUT2D eigenvalue weighted by Gasteiger charge is -2.24. The van der Waals surface area contributed by atoms with Gasteiger partial charge in [-0.15, -0.1) is 0 Å². The standard InChI is InChI=1S/C29H33FN6O3S/c1-18-24(30)26(36-40(37,38)29(2,3)4)21-9-5-6-10-22(21)27(18)39-28-25(33-14-15-34-28)19-11-13-32-23(16-19)35-20-8-7-12-31-17-20/h5-6,9-11,13-16,20,31,36H,7-8,12,17H2,1-4H3,(H,32,35). The van der Waals surface area contributed by atoms with Crippen molar-refractivity contribution in [1.82, 2.24) is 20.3 Å². The highest BCUT2D eigenvalue weighted by Crippen LogP contribution is 2.42. The van der Waals surface area contributed by atoms with Gasteiger partial charge in [-0.2, -0.15) is 0 Å². The van der Waals surface area contributed by atoms with Crippen LogP contribution >= 0.6 is 0 Å². The minimum atomic E-state index is -3.88. The number of sulfonamides is 1. The molecule has 0 saturated carbocycles. The van der Waals surface area contributed by atoms with E-state index in [0.29, 0.717) is 22.3 Å². The molecule has 1 aliphatic rings. The number of piperidine rings is 1. The summed E-state index contributed by atoms with van der Waals surface area (Å²) in [6, 6.07) is 10.9. The fraction of sp³-hybridized carbons (Fsp3) is 0.345. The molecule has 2 aromatic heterocycles. The normalized spacial score (nSPS) is 16.1. The van der Waals surface area contributed by atoms with E-state index in [0.717, 1.165) is 31.5 Å². The molecule has 1 unspecified atom stereocenters. The average Bonchev–Trinajstić information content (AvgIpc) is 2.94. The number of nitrogens with zero attached hydrogens (tertiary/aromatic N) is 3. The maximum absolute atomic E-state index is 15.8. The number of rotatable bonds is 7. The number of ether oxygens (including phenoxy) is 1. The molecule has 210 valence electrons. The van der Waals surface area contributed by atoms with E-state index < -0.39 is 20.6 Å². The molecule has 40 heavy (non-hydrogen) atoms. The SMILES string of the molecule is Cc1c(F)c(NS(=O)(=O)C(C)(C)C)c2ccccc2c1Oc1nccnc1-c1ccnc(NC2CCCNC2)c1. The maximum Gasteiger partial charge on any atom is 0.246 e. The largest absolute Gasteiger partial charge is 0.436 e. The molecule has 9 nitrogen and oxygen atoms in total. The second-order valence-electron chi connectivity index (χ2n) is 10.8. The molecule has 0 amide bonds. The zero-order valence-electron chi connectivity index (χ0n) is 23.0. The summed E-state index contributed by atoms with van der Waals surface area (Å²) >= 11 is 0. The van der Waals surface area contributed by atoms with Gasteiger partial charge in [0.05, 0.1) is 10.4 Å². The van der Waals surface area contributed by atoms with Crippen LogP contribution in [-0.4, -0.2) is 47.2 Å². The van der Waals surface area contributed by atoms with Crippen LogP contribution in [0.15, 0.2) is 55.0 Å². The van der Waals surface area contributed by atoms with Gasteiger partial charge in [-0.05, 0) is 59.2 Å². The Bertz CT molecular complexity index is 1650. The van der Waals surface area contributed by atoms with Gasteiger partial charge in [0.15, 0.2) is 5.82 Å². The number of hydrogen-bond acceptors (Lipinski definition) is 8. The van der Waals surface area contributed by atoms with Crippen LogP contribution in [-0.2, 0) is 10.0 Å². The summed E-state index contributed by atoms with van der Waals surface area (Å²) in [6.45, 7) is 8.11. The van der Waals surface area contributed by atoms with E-state index in [9.17, 15) is 8.42 Å². The van der Waals surface area contributed by atoms with Crippen molar-refractivity contribution >= 4 is 32.3 Å². The Morgan fingerprint density at radius 2 is 1.80 bits per heavy atom. The summed E-state index contributed by atoms with van der Waals surface area (Å²) in [4.78, 5) is 13.4. The van der Waals surface area contributed by atoms with Crippen molar-refractivity contribution in [3.63, 3.8) is 0 Å². The molecular weight excluding hydrogens is 531 g/mol. The monoisotopic (exact) mass is 564 g/mol. The van der Waals surface area contributed by atoms with E-state index in [4.69, 9.17) is 4.74 Å². The van der Waals surface area contributed by atoms with Gasteiger partial charge in [0.25, 0.3) is 0 Å². The van der Waals surface area contributed by atoms with Crippen molar-refractivity contribution in [2.45, 2.75) is 51.3 Å². The van der Waals surface area contributed by atoms with Crippen LogP contribution in [0, 0.1) is 12.7 Å². The van der Waals surface area contributed by atoms with Crippen LogP contribution in [0.5, 0.6) is 11.6 Å². The van der Waals surface area contributed by atoms with E-state index in [-0.39, 0.29) is 28.9 Å². The lowest BCUT2D eigenvalue weighted by Crippen LogP contribution is -2.38. The minimum Gasteiger partial charge on any atom is -0.436 e. The number of aromatic nitrogens is 3. The predicted molar refractivity (Wildman–Crippen MR) is 156 cm³/mol. The molecule has 3 N–H and O–H groups in total. The number of nitrogens with one attached hydrogen (secondary N) is 3. The molecule has 0 bridgehead atoms. The van der Waals surface area contributed by atoms with Gasteiger partial charge in [-0.25, -0.2) is 27.8 Å². The lowest BCUT2D eigenvalue weighted by molar-refractivity contribution is 0.458. The molecule has 5 rings (SSSR count). The van der Waals surface area contributed by atoms with Crippen molar-refractivity contribution in [2.75, 3.05) is 23.1 Å². The number of anilines is 2. The first-order valence-electron chi connectivity index (χ1n) is 13.2. The highest BCUT2D eigenvalue weighted by molar-refractivity contribution is 7.94. The molecule has 11 heteroatoms. The third-order valence-electron chi connectivity index (χ3n) is 6.92. The van der Waals surface area contributed by atoms with Crippen LogP contribution in [0.1, 0.15) is 39.2 Å². The van der Waals surface area contributed by atoms with E-state index >= 15 is 4.39 Å². The van der Waals surface area contributed by atoms with E-state index in [2.05, 4.69) is 30.3 Å². The van der Waals surface area contributed by atoms with Crippen molar-refractivity contribution in [1.29, 1.82) is 0 Å². The summed E-state index contributed by atoms with van der Waals surface area (Å²) < 4.78 is 49.3. The third-order valence-corrected chi connectivity index (χ3v) is 9.00. The Morgan fingerprint density at radius 3 is 2.52 bits per heavy atom. The van der Waals surface area contributed by atoms with Crippen LogP contribution < -0.4 is 20.1 Å². The fourth-order valence-corrected chi connectivity index (χ4v) is 5.34. The number of fused-ring (bicyclic) bond motifs is 1. The quantitative estimate of drug-likeness (QED) is 0.264. The Hall–Kier alpha value is -3.83. The van der Waals surface area contributed by atoms with Gasteiger partial charge in [-0.1, -0.05) is 24.3 Å². The molecule has 0 aliphatic carbocycles. The van der Waals surface area contributed by atoms with Crippen LogP contribution in [0.25, 0.3) is 22.0 Å². The van der Waals surface area contributed by atoms with Gasteiger partial charge in [0.2, 0.25) is 15.9 Å². The number of hydrogen-bond donors (Lipinski definition) is 3. The highest BCUT2D eigenvalue weighted by atomic mass is 32.2. The molecule has 1 atom stereocenters. The van der Waals surface area contributed by atoms with Crippen LogP contribution in [0.4, 0.5) is 15.9 Å². The Balaban J connectivity index is 1.54. The zero-order chi connectivity index (χ0) is 28.5. The van der Waals surface area contributed by atoms with Crippen molar-refractivity contribution < 1.29 is 17.5 Å². The molecule has 0 spiro atoms. The predicted octanol–water partition coefficient (Wildman–Crippen LogP) is 5.64. The molecular formula is C29H33FN6O3S. The molecule has 4 aromatic rings. The minimum absolute atomic E-state index is 0.114. The molecule has 1 saturated heterocycles. The van der Waals surface area contributed by atoms with Crippen molar-refractivity contribution in [3.8, 4) is 22.9 Å². The van der Waals surface area contributed by atoms with Crippen LogP contribution in [0.2, 0.25) is 0 Å². The van der Waals surface area contributed by atoms with E-state index in [1.165, 1.54) is 6.20 Å². The van der Waals surface area contributed by atoms with Crippen molar-refractivity contribution in [2.24, 2.45) is 0 Å². The first-order chi connectivity index (χ1) is 19.0. The highest BCUT2D eigenvalue weighted by Gasteiger charge is 2.31. The lowest BCUT2D eigenvalue weighted by atomic mass is 10.0. The first kappa shape index (κ1) is 27.7. The smallest absolute Gasteiger partial charge is 0.246 e. The summed E-state index contributed by atoms with van der Waals surface area (Å²) in [7, 11) is -3.88. The van der Waals surface area contributed by atoms with Gasteiger partial charge in [-0.3, -0.25) is 4.72 Å². The second kappa shape index (κ2) is 11.0. The number of halogens is 1. The molecule has 1 fully saturated rings. The van der Waals surface area contributed by atoms with Gasteiger partial charge >= 0.3 is 0 Å². The Kier molecular flexibility index (Phi) is 7.61. The van der Waals surface area contributed by atoms with Crippen LogP contribution in [0.3, 0.4) is 0 Å². The second-order valence-corrected chi connectivity index (χ2v) is 13.3. The Labute approximate surface area is 233 Å². The average molecular weight is 565 g/mol. The van der Waals surface area contributed by atoms with E-state index in [1.807, 2.05) is 12.1 Å². The number of benzene rings is 2. The molecule has 0 radical (unpaired) electrons.